The lowest BCUT2D eigenvalue weighted by atomic mass is 9.99. The Balaban J connectivity index is 4.34. The summed E-state index contributed by atoms with van der Waals surface area (Å²) in [4.78, 5) is 37.8. The van der Waals surface area contributed by atoms with Gasteiger partial charge >= 0.3 is 17.9 Å². The Morgan fingerprint density at radius 2 is 0.691 bits per heavy atom. The van der Waals surface area contributed by atoms with Gasteiger partial charge in [0.2, 0.25) is 0 Å². The molecule has 0 aliphatic carbocycles. The van der Waals surface area contributed by atoms with Crippen molar-refractivity contribution in [3.8, 4) is 0 Å². The average molecular weight is 779 g/mol. The van der Waals surface area contributed by atoms with Crippen LogP contribution < -0.4 is 0 Å². The van der Waals surface area contributed by atoms with Crippen LogP contribution in [0.5, 0.6) is 0 Å². The maximum absolute atomic E-state index is 12.7. The first kappa shape index (κ1) is 53.4. The fourth-order valence-electron chi connectivity index (χ4n) is 7.25. The molecule has 0 aromatic rings. The highest BCUT2D eigenvalue weighted by Gasteiger charge is 2.19. The van der Waals surface area contributed by atoms with Gasteiger partial charge in [0.1, 0.15) is 13.2 Å². The Morgan fingerprint density at radius 1 is 0.382 bits per heavy atom. The van der Waals surface area contributed by atoms with E-state index in [4.69, 9.17) is 14.2 Å². The number of carbonyl (C=O) groups is 3. The molecule has 6 nitrogen and oxygen atoms in total. The van der Waals surface area contributed by atoms with E-state index in [-0.39, 0.29) is 31.1 Å². The number of rotatable bonds is 43. The third-order valence-electron chi connectivity index (χ3n) is 11.3. The van der Waals surface area contributed by atoms with Gasteiger partial charge in [0.05, 0.1) is 0 Å². The molecule has 0 amide bonds. The first-order valence-corrected chi connectivity index (χ1v) is 24.3. The van der Waals surface area contributed by atoms with Crippen LogP contribution in [0.25, 0.3) is 0 Å². The van der Waals surface area contributed by atoms with Crippen LogP contribution in [0.1, 0.15) is 266 Å². The molecule has 0 bridgehead atoms. The molecule has 0 aromatic heterocycles. The van der Waals surface area contributed by atoms with Crippen molar-refractivity contribution < 1.29 is 28.6 Å². The van der Waals surface area contributed by atoms with Gasteiger partial charge in [-0.25, -0.2) is 0 Å². The second-order valence-electron chi connectivity index (χ2n) is 17.5. The van der Waals surface area contributed by atoms with Crippen molar-refractivity contribution in [1.29, 1.82) is 0 Å². The molecule has 0 aliphatic heterocycles. The molecule has 0 rings (SSSR count). The molecule has 2 atom stereocenters. The Kier molecular flexibility index (Phi) is 40.8. The van der Waals surface area contributed by atoms with Crippen LogP contribution in [0.15, 0.2) is 0 Å². The molecule has 6 heteroatoms. The third-order valence-corrected chi connectivity index (χ3v) is 11.3. The summed E-state index contributed by atoms with van der Waals surface area (Å²) in [5.41, 5.74) is 0. The number of unbranched alkanes of at least 4 members (excludes halogenated alkanes) is 27. The molecule has 0 aliphatic rings. The number of ether oxygens (including phenoxy) is 3. The number of hydrogen-bond donors (Lipinski definition) is 0. The Morgan fingerprint density at radius 3 is 1.04 bits per heavy atom. The van der Waals surface area contributed by atoms with Crippen molar-refractivity contribution in [3.05, 3.63) is 0 Å². The van der Waals surface area contributed by atoms with Gasteiger partial charge in [-0.3, -0.25) is 14.4 Å². The fraction of sp³-hybridized carbons (Fsp3) is 0.939. The smallest absolute Gasteiger partial charge is 0.306 e. The lowest BCUT2D eigenvalue weighted by Crippen LogP contribution is -2.30. The minimum absolute atomic E-state index is 0.0645. The highest BCUT2D eigenvalue weighted by atomic mass is 16.6. The Bertz CT molecular complexity index is 841. The van der Waals surface area contributed by atoms with Crippen LogP contribution in [0.2, 0.25) is 0 Å². The lowest BCUT2D eigenvalue weighted by Gasteiger charge is -2.18. The minimum atomic E-state index is -0.761. The summed E-state index contributed by atoms with van der Waals surface area (Å²) in [5, 5.41) is 0. The van der Waals surface area contributed by atoms with Crippen LogP contribution in [0, 0.1) is 11.8 Å². The molecule has 0 heterocycles. The van der Waals surface area contributed by atoms with E-state index in [1.165, 1.54) is 154 Å². The van der Waals surface area contributed by atoms with Crippen LogP contribution in [-0.4, -0.2) is 37.2 Å². The Labute approximate surface area is 342 Å². The molecule has 326 valence electrons. The summed E-state index contributed by atoms with van der Waals surface area (Å²) in [7, 11) is 0. The average Bonchev–Trinajstić information content (AvgIpc) is 3.17. The lowest BCUT2D eigenvalue weighted by molar-refractivity contribution is -0.167. The van der Waals surface area contributed by atoms with Crippen molar-refractivity contribution in [2.45, 2.75) is 272 Å². The molecule has 0 radical (unpaired) electrons. The van der Waals surface area contributed by atoms with Crippen molar-refractivity contribution in [2.75, 3.05) is 13.2 Å². The first-order chi connectivity index (χ1) is 26.8. The summed E-state index contributed by atoms with van der Waals surface area (Å²) in [6.07, 6.45) is 40.8. The van der Waals surface area contributed by atoms with Crippen LogP contribution in [0.3, 0.4) is 0 Å². The first-order valence-electron chi connectivity index (χ1n) is 24.3. The SMILES string of the molecule is CCCCCCCCCCCCCC(=O)OC[C@H](COC(=O)CCCCCCCCCCC(C)CC)OC(=O)CCCCCCCCCCCCCC(C)C. The zero-order chi connectivity index (χ0) is 40.5. The quantitative estimate of drug-likeness (QED) is 0.0348. The molecule has 1 unspecified atom stereocenters. The van der Waals surface area contributed by atoms with Gasteiger partial charge in [0.15, 0.2) is 6.10 Å². The predicted molar refractivity (Wildman–Crippen MR) is 233 cm³/mol. The van der Waals surface area contributed by atoms with E-state index in [1.807, 2.05) is 0 Å². The van der Waals surface area contributed by atoms with Gasteiger partial charge in [-0.2, -0.15) is 0 Å². The van der Waals surface area contributed by atoms with Crippen molar-refractivity contribution >= 4 is 17.9 Å². The molecular formula is C49H94O6. The molecule has 0 saturated carbocycles. The zero-order valence-electron chi connectivity index (χ0n) is 37.6. The number of esters is 3. The maximum atomic E-state index is 12.7. The topological polar surface area (TPSA) is 78.9 Å². The van der Waals surface area contributed by atoms with Crippen molar-refractivity contribution in [1.82, 2.24) is 0 Å². The monoisotopic (exact) mass is 779 g/mol. The summed E-state index contributed by atoms with van der Waals surface area (Å²) in [6.45, 7) is 11.3. The molecule has 0 fully saturated rings. The Hall–Kier alpha value is -1.59. The van der Waals surface area contributed by atoms with E-state index in [9.17, 15) is 14.4 Å². The fourth-order valence-corrected chi connectivity index (χ4v) is 7.25. The van der Waals surface area contributed by atoms with E-state index in [1.54, 1.807) is 0 Å². The van der Waals surface area contributed by atoms with E-state index < -0.39 is 6.10 Å². The van der Waals surface area contributed by atoms with Crippen LogP contribution >= 0.6 is 0 Å². The van der Waals surface area contributed by atoms with E-state index in [0.29, 0.717) is 19.3 Å². The van der Waals surface area contributed by atoms with Crippen molar-refractivity contribution in [2.24, 2.45) is 11.8 Å². The summed E-state index contributed by atoms with van der Waals surface area (Å²) < 4.78 is 16.8. The van der Waals surface area contributed by atoms with E-state index in [2.05, 4.69) is 34.6 Å². The molecule has 0 N–H and O–H groups in total. The zero-order valence-corrected chi connectivity index (χ0v) is 37.6. The van der Waals surface area contributed by atoms with E-state index in [0.717, 1.165) is 69.6 Å². The predicted octanol–water partition coefficient (Wildman–Crippen LogP) is 15.4. The van der Waals surface area contributed by atoms with Crippen molar-refractivity contribution in [3.63, 3.8) is 0 Å². The normalized spacial score (nSPS) is 12.5. The molecule has 55 heavy (non-hydrogen) atoms. The largest absolute Gasteiger partial charge is 0.462 e. The standard InChI is InChI=1S/C49H94O6/c1-6-8-9-10-11-12-14-18-24-29-34-39-47(50)53-42-46(43-54-48(51)40-35-30-25-21-20-23-28-33-38-45(5)7-2)55-49(52)41-36-31-26-19-16-13-15-17-22-27-32-37-44(3)4/h44-46H,6-43H2,1-5H3/t45?,46-/m1/s1. The van der Waals surface area contributed by atoms with Crippen LogP contribution in [-0.2, 0) is 28.6 Å². The van der Waals surface area contributed by atoms with Gasteiger partial charge in [-0.1, -0.05) is 227 Å². The van der Waals surface area contributed by atoms with Gasteiger partial charge < -0.3 is 14.2 Å². The molecule has 0 aromatic carbocycles. The summed E-state index contributed by atoms with van der Waals surface area (Å²) in [5.74, 6) is 0.818. The second kappa shape index (κ2) is 42.0. The van der Waals surface area contributed by atoms with Crippen LogP contribution in [0.4, 0.5) is 0 Å². The second-order valence-corrected chi connectivity index (χ2v) is 17.5. The summed E-state index contributed by atoms with van der Waals surface area (Å²) >= 11 is 0. The molecule has 0 spiro atoms. The van der Waals surface area contributed by atoms with Gasteiger partial charge in [0.25, 0.3) is 0 Å². The maximum Gasteiger partial charge on any atom is 0.306 e. The van der Waals surface area contributed by atoms with Gasteiger partial charge in [-0.15, -0.1) is 0 Å². The third kappa shape index (κ3) is 41.9. The molecular weight excluding hydrogens is 685 g/mol. The van der Waals surface area contributed by atoms with E-state index >= 15 is 0 Å². The molecule has 0 saturated heterocycles. The highest BCUT2D eigenvalue weighted by Crippen LogP contribution is 2.17. The van der Waals surface area contributed by atoms with Gasteiger partial charge in [0, 0.05) is 19.3 Å². The number of hydrogen-bond acceptors (Lipinski definition) is 6. The highest BCUT2D eigenvalue weighted by molar-refractivity contribution is 5.71. The van der Waals surface area contributed by atoms with Gasteiger partial charge in [-0.05, 0) is 31.1 Å². The summed E-state index contributed by atoms with van der Waals surface area (Å²) in [6, 6.07) is 0. The number of carbonyl (C=O) groups excluding carboxylic acids is 3. The minimum Gasteiger partial charge on any atom is -0.462 e.